The summed E-state index contributed by atoms with van der Waals surface area (Å²) in [5, 5.41) is 28.7. The van der Waals surface area contributed by atoms with Crippen LogP contribution in [-0.2, 0) is 20.7 Å². The largest absolute Gasteiger partial charge is 0.504 e. The third-order valence-electron chi connectivity index (χ3n) is 5.18. The van der Waals surface area contributed by atoms with E-state index >= 15 is 0 Å². The van der Waals surface area contributed by atoms with Crippen LogP contribution in [0, 0.1) is 11.3 Å². The van der Waals surface area contributed by atoms with Gasteiger partial charge in [-0.2, -0.15) is 0 Å². The lowest BCUT2D eigenvalue weighted by molar-refractivity contribution is -0.165. The number of aliphatic carboxylic acids is 1. The van der Waals surface area contributed by atoms with Gasteiger partial charge in [-0.3, -0.25) is 9.59 Å². The number of esters is 1. The van der Waals surface area contributed by atoms with Crippen LogP contribution in [0.5, 0.6) is 11.5 Å². The van der Waals surface area contributed by atoms with Gasteiger partial charge in [-0.25, -0.2) is 0 Å². The predicted octanol–water partition coefficient (Wildman–Crippen LogP) is 2.43. The van der Waals surface area contributed by atoms with E-state index in [-0.39, 0.29) is 17.9 Å². The van der Waals surface area contributed by atoms with E-state index in [1.807, 2.05) is 6.92 Å². The van der Waals surface area contributed by atoms with Crippen molar-refractivity contribution in [2.75, 3.05) is 0 Å². The van der Waals surface area contributed by atoms with E-state index in [1.165, 1.54) is 18.2 Å². The number of nitrogens with two attached hydrogens (primary N) is 1. The van der Waals surface area contributed by atoms with Crippen molar-refractivity contribution in [3.63, 3.8) is 0 Å². The molecule has 0 amide bonds. The summed E-state index contributed by atoms with van der Waals surface area (Å²) in [5.74, 6) is -3.01. The molecule has 1 rings (SSSR count). The first-order chi connectivity index (χ1) is 11.8. The maximum Gasteiger partial charge on any atom is 0.324 e. The highest BCUT2D eigenvalue weighted by molar-refractivity contribution is 5.80. The number of carbonyl (C=O) groups excluding carboxylic acids is 1. The van der Waals surface area contributed by atoms with Gasteiger partial charge in [-0.1, -0.05) is 19.9 Å². The first-order valence-corrected chi connectivity index (χ1v) is 8.59. The summed E-state index contributed by atoms with van der Waals surface area (Å²) in [5.41, 5.74) is 4.24. The molecule has 3 atom stereocenters. The number of carboxylic acid groups (broad SMARTS) is 1. The number of rotatable bonds is 8. The number of hydrogen-bond donors (Lipinski definition) is 4. The molecule has 26 heavy (non-hydrogen) atoms. The maximum atomic E-state index is 12.3. The second-order valence-electron chi connectivity index (χ2n) is 7.48. The first-order valence-electron chi connectivity index (χ1n) is 8.59. The third-order valence-corrected chi connectivity index (χ3v) is 5.18. The molecule has 0 aliphatic heterocycles. The predicted molar refractivity (Wildman–Crippen MR) is 96.8 cm³/mol. The first kappa shape index (κ1) is 21.8. The molecule has 0 aliphatic rings. The highest BCUT2D eigenvalue weighted by atomic mass is 16.5. The SMILES string of the molecule is CCC(C)(C)C(=O)O[C@H](C)[C@@H](C)[C@](N)(Cc1ccc(O)c(O)c1)C(=O)O. The normalized spacial score (nSPS) is 16.4. The van der Waals surface area contributed by atoms with Crippen LogP contribution in [0.2, 0.25) is 0 Å². The van der Waals surface area contributed by atoms with Crippen LogP contribution in [0.3, 0.4) is 0 Å². The molecule has 0 saturated heterocycles. The lowest BCUT2D eigenvalue weighted by atomic mass is 9.78. The van der Waals surface area contributed by atoms with E-state index in [2.05, 4.69) is 0 Å². The number of benzene rings is 1. The summed E-state index contributed by atoms with van der Waals surface area (Å²) in [6.45, 7) is 8.63. The van der Waals surface area contributed by atoms with Gasteiger partial charge in [0.05, 0.1) is 5.41 Å². The van der Waals surface area contributed by atoms with Crippen LogP contribution in [0.1, 0.15) is 46.6 Å². The van der Waals surface area contributed by atoms with E-state index in [9.17, 15) is 24.9 Å². The summed E-state index contributed by atoms with van der Waals surface area (Å²) in [6, 6.07) is 4.03. The lowest BCUT2D eigenvalue weighted by Crippen LogP contribution is -2.58. The van der Waals surface area contributed by atoms with Gasteiger partial charge in [-0.15, -0.1) is 0 Å². The summed E-state index contributed by atoms with van der Waals surface area (Å²) in [4.78, 5) is 24.2. The Morgan fingerprint density at radius 3 is 2.23 bits per heavy atom. The molecular weight excluding hydrogens is 338 g/mol. The van der Waals surface area contributed by atoms with Crippen LogP contribution in [-0.4, -0.2) is 38.9 Å². The molecule has 0 heterocycles. The molecule has 0 unspecified atom stereocenters. The molecule has 0 fully saturated rings. The molecule has 7 nitrogen and oxygen atoms in total. The molecular formula is C19H29NO6. The highest BCUT2D eigenvalue weighted by Gasteiger charge is 2.44. The van der Waals surface area contributed by atoms with Crippen LogP contribution >= 0.6 is 0 Å². The fourth-order valence-electron chi connectivity index (χ4n) is 2.44. The molecule has 146 valence electrons. The van der Waals surface area contributed by atoms with Crippen LogP contribution in [0.25, 0.3) is 0 Å². The average molecular weight is 367 g/mol. The maximum absolute atomic E-state index is 12.3. The van der Waals surface area contributed by atoms with Crippen molar-refractivity contribution in [2.24, 2.45) is 17.1 Å². The second kappa shape index (κ2) is 7.95. The molecule has 7 heteroatoms. The smallest absolute Gasteiger partial charge is 0.324 e. The Morgan fingerprint density at radius 2 is 1.77 bits per heavy atom. The standard InChI is InChI=1S/C19H29NO6/c1-6-18(4,5)17(25)26-12(3)11(2)19(20,16(23)24)10-13-7-8-14(21)15(22)9-13/h7-9,11-12,21-22H,6,10,20H2,1-5H3,(H,23,24)/t11-,12-,19-/m1/s1. The average Bonchev–Trinajstić information content (AvgIpc) is 2.56. The number of ether oxygens (including phenoxy) is 1. The molecule has 0 saturated carbocycles. The van der Waals surface area contributed by atoms with Crippen molar-refractivity contribution >= 4 is 11.9 Å². The monoisotopic (exact) mass is 367 g/mol. The van der Waals surface area contributed by atoms with E-state index in [0.717, 1.165) is 0 Å². The van der Waals surface area contributed by atoms with Gasteiger partial charge in [-0.05, 0) is 44.9 Å². The van der Waals surface area contributed by atoms with E-state index in [4.69, 9.17) is 10.5 Å². The van der Waals surface area contributed by atoms with Gasteiger partial charge >= 0.3 is 11.9 Å². The number of phenolic OH excluding ortho intramolecular Hbond substituents is 2. The van der Waals surface area contributed by atoms with E-state index in [1.54, 1.807) is 27.7 Å². The zero-order valence-electron chi connectivity index (χ0n) is 15.9. The van der Waals surface area contributed by atoms with Gasteiger partial charge in [0.2, 0.25) is 0 Å². The Balaban J connectivity index is 3.04. The lowest BCUT2D eigenvalue weighted by Gasteiger charge is -2.36. The van der Waals surface area contributed by atoms with Crippen molar-refractivity contribution in [3.8, 4) is 11.5 Å². The number of phenols is 2. The fraction of sp³-hybridized carbons (Fsp3) is 0.579. The third kappa shape index (κ3) is 4.66. The minimum atomic E-state index is -1.72. The molecule has 1 aromatic carbocycles. The highest BCUT2D eigenvalue weighted by Crippen LogP contribution is 2.31. The van der Waals surface area contributed by atoms with Crippen LogP contribution in [0.15, 0.2) is 18.2 Å². The van der Waals surface area contributed by atoms with Crippen LogP contribution in [0.4, 0.5) is 0 Å². The van der Waals surface area contributed by atoms with Gasteiger partial charge in [0, 0.05) is 12.3 Å². The van der Waals surface area contributed by atoms with Crippen molar-refractivity contribution in [1.29, 1.82) is 0 Å². The van der Waals surface area contributed by atoms with Gasteiger partial charge in [0.1, 0.15) is 11.6 Å². The van der Waals surface area contributed by atoms with Crippen molar-refractivity contribution in [3.05, 3.63) is 23.8 Å². The Morgan fingerprint density at radius 1 is 1.19 bits per heavy atom. The quantitative estimate of drug-likeness (QED) is 0.410. The minimum Gasteiger partial charge on any atom is -0.504 e. The zero-order valence-corrected chi connectivity index (χ0v) is 15.9. The van der Waals surface area contributed by atoms with Crippen LogP contribution < -0.4 is 5.73 Å². The summed E-state index contributed by atoms with van der Waals surface area (Å²) in [7, 11) is 0. The topological polar surface area (TPSA) is 130 Å². The summed E-state index contributed by atoms with van der Waals surface area (Å²) >= 11 is 0. The Hall–Kier alpha value is -2.28. The Kier molecular flexibility index (Phi) is 6.65. The second-order valence-corrected chi connectivity index (χ2v) is 7.48. The van der Waals surface area contributed by atoms with Crippen molar-refractivity contribution in [2.45, 2.75) is 59.1 Å². The van der Waals surface area contributed by atoms with Gasteiger partial charge < -0.3 is 25.8 Å². The molecule has 0 aromatic heterocycles. The number of aromatic hydroxyl groups is 2. The van der Waals surface area contributed by atoms with E-state index < -0.39 is 34.9 Å². The van der Waals surface area contributed by atoms with E-state index in [0.29, 0.717) is 12.0 Å². The molecule has 0 aliphatic carbocycles. The summed E-state index contributed by atoms with van der Waals surface area (Å²) in [6.07, 6.45) is -0.233. The molecule has 5 N–H and O–H groups in total. The summed E-state index contributed by atoms with van der Waals surface area (Å²) < 4.78 is 5.47. The zero-order chi connectivity index (χ0) is 20.3. The number of carbonyl (C=O) groups is 2. The molecule has 0 spiro atoms. The molecule has 0 bridgehead atoms. The minimum absolute atomic E-state index is 0.101. The van der Waals surface area contributed by atoms with Gasteiger partial charge in [0.25, 0.3) is 0 Å². The number of carboxylic acids is 1. The number of hydrogen-bond acceptors (Lipinski definition) is 6. The molecule has 0 radical (unpaired) electrons. The van der Waals surface area contributed by atoms with Crippen molar-refractivity contribution in [1.82, 2.24) is 0 Å². The fourth-order valence-corrected chi connectivity index (χ4v) is 2.44. The van der Waals surface area contributed by atoms with Gasteiger partial charge in [0.15, 0.2) is 11.5 Å². The Bertz CT molecular complexity index is 672. The van der Waals surface area contributed by atoms with Crippen molar-refractivity contribution < 1.29 is 29.6 Å². The molecule has 1 aromatic rings. The Labute approximate surface area is 153 Å².